The number of nitrogens with one attached hydrogen (secondary N) is 1. The highest BCUT2D eigenvalue weighted by molar-refractivity contribution is 5.86. The third-order valence-corrected chi connectivity index (χ3v) is 1.60. The van der Waals surface area contributed by atoms with Crippen LogP contribution < -0.4 is 0 Å². The molecule has 2 aromatic heterocycles. The quantitative estimate of drug-likeness (QED) is 0.722. The van der Waals surface area contributed by atoms with Crippen molar-refractivity contribution < 1.29 is 9.90 Å². The summed E-state index contributed by atoms with van der Waals surface area (Å²) in [5.41, 5.74) is 0.440. The van der Waals surface area contributed by atoms with Gasteiger partial charge >= 0.3 is 5.97 Å². The molecule has 0 aromatic carbocycles. The van der Waals surface area contributed by atoms with Crippen molar-refractivity contribution in [3.63, 3.8) is 0 Å². The summed E-state index contributed by atoms with van der Waals surface area (Å²) < 4.78 is 0. The zero-order valence-corrected chi connectivity index (χ0v) is 7.01. The number of carboxylic acids is 1. The average molecular weight is 190 g/mol. The topological polar surface area (TPSA) is 91.8 Å². The lowest BCUT2D eigenvalue weighted by atomic mass is 10.3. The minimum absolute atomic E-state index is 0.0208. The molecule has 0 amide bonds. The second kappa shape index (κ2) is 3.25. The van der Waals surface area contributed by atoms with Crippen molar-refractivity contribution >= 4 is 5.97 Å². The summed E-state index contributed by atoms with van der Waals surface area (Å²) >= 11 is 0. The molecule has 0 fully saturated rings. The predicted octanol–water partition coefficient (Wildman–Crippen LogP) is 0.565. The van der Waals surface area contributed by atoms with Crippen LogP contribution in [0.15, 0.2) is 24.5 Å². The van der Waals surface area contributed by atoms with Crippen molar-refractivity contribution in [2.24, 2.45) is 0 Å². The molecule has 0 spiro atoms. The molecule has 14 heavy (non-hydrogen) atoms. The second-order valence-electron chi connectivity index (χ2n) is 2.54. The van der Waals surface area contributed by atoms with Gasteiger partial charge in [-0.25, -0.2) is 14.8 Å². The first-order chi connectivity index (χ1) is 6.77. The van der Waals surface area contributed by atoms with E-state index in [9.17, 15) is 4.79 Å². The number of carbonyl (C=O) groups is 1. The van der Waals surface area contributed by atoms with Gasteiger partial charge in [0.2, 0.25) is 0 Å². The van der Waals surface area contributed by atoms with Crippen molar-refractivity contribution in [2.45, 2.75) is 0 Å². The molecule has 0 aliphatic heterocycles. The van der Waals surface area contributed by atoms with Gasteiger partial charge in [0.05, 0.1) is 0 Å². The van der Waals surface area contributed by atoms with Crippen LogP contribution in [0.3, 0.4) is 0 Å². The molecular weight excluding hydrogens is 184 g/mol. The number of hydrogen-bond acceptors (Lipinski definition) is 4. The third kappa shape index (κ3) is 1.45. The minimum Gasteiger partial charge on any atom is -0.477 e. The maximum absolute atomic E-state index is 10.5. The van der Waals surface area contributed by atoms with E-state index < -0.39 is 5.97 Å². The molecule has 0 bridgehead atoms. The van der Waals surface area contributed by atoms with Crippen LogP contribution in [0.2, 0.25) is 0 Å². The van der Waals surface area contributed by atoms with E-state index in [1.54, 1.807) is 18.5 Å². The Balaban J connectivity index is 2.39. The van der Waals surface area contributed by atoms with Crippen LogP contribution in [0.25, 0.3) is 11.5 Å². The van der Waals surface area contributed by atoms with Crippen LogP contribution in [0.4, 0.5) is 0 Å². The monoisotopic (exact) mass is 190 g/mol. The molecular formula is C8H6N4O2. The summed E-state index contributed by atoms with van der Waals surface area (Å²) in [6.45, 7) is 0. The predicted molar refractivity (Wildman–Crippen MR) is 46.6 cm³/mol. The van der Waals surface area contributed by atoms with E-state index in [0.717, 1.165) is 0 Å². The van der Waals surface area contributed by atoms with Gasteiger partial charge in [-0.2, -0.15) is 5.10 Å². The molecule has 0 saturated heterocycles. The molecule has 0 atom stereocenters. The number of hydrogen-bond donors (Lipinski definition) is 2. The zero-order valence-electron chi connectivity index (χ0n) is 7.01. The van der Waals surface area contributed by atoms with Gasteiger partial charge in [0, 0.05) is 18.5 Å². The molecule has 0 aliphatic carbocycles. The summed E-state index contributed by atoms with van der Waals surface area (Å²) in [5.74, 6) is -0.657. The van der Waals surface area contributed by atoms with Crippen molar-refractivity contribution in [3.05, 3.63) is 30.2 Å². The van der Waals surface area contributed by atoms with Crippen molar-refractivity contribution in [1.29, 1.82) is 0 Å². The van der Waals surface area contributed by atoms with Crippen LogP contribution in [0.1, 0.15) is 10.5 Å². The number of aromatic amines is 1. The molecule has 0 saturated carbocycles. The SMILES string of the molecule is O=C(O)c1cc(-c2ncccn2)n[nH]1. The highest BCUT2D eigenvalue weighted by Gasteiger charge is 2.09. The molecule has 0 aliphatic rings. The third-order valence-electron chi connectivity index (χ3n) is 1.60. The van der Waals surface area contributed by atoms with Gasteiger partial charge in [-0.1, -0.05) is 0 Å². The van der Waals surface area contributed by atoms with Crippen LogP contribution in [-0.4, -0.2) is 31.2 Å². The van der Waals surface area contributed by atoms with Crippen LogP contribution in [0.5, 0.6) is 0 Å². The molecule has 0 radical (unpaired) electrons. The van der Waals surface area contributed by atoms with Gasteiger partial charge < -0.3 is 5.11 Å². The summed E-state index contributed by atoms with van der Waals surface area (Å²) in [4.78, 5) is 18.4. The van der Waals surface area contributed by atoms with Crippen LogP contribution in [0, 0.1) is 0 Å². The lowest BCUT2D eigenvalue weighted by molar-refractivity contribution is 0.0690. The van der Waals surface area contributed by atoms with E-state index in [1.165, 1.54) is 6.07 Å². The number of nitrogens with zero attached hydrogens (tertiary/aromatic N) is 3. The van der Waals surface area contributed by atoms with Crippen molar-refractivity contribution in [1.82, 2.24) is 20.2 Å². The van der Waals surface area contributed by atoms with Gasteiger partial charge in [-0.15, -0.1) is 0 Å². The van der Waals surface area contributed by atoms with E-state index in [4.69, 9.17) is 5.11 Å². The molecule has 2 aromatic rings. The fourth-order valence-electron chi connectivity index (χ4n) is 0.977. The standard InChI is InChI=1S/C8H6N4O2/c13-8(14)6-4-5(11-12-6)7-9-2-1-3-10-7/h1-4H,(H,11,12)(H,13,14). The molecule has 6 nitrogen and oxygen atoms in total. The number of rotatable bonds is 2. The highest BCUT2D eigenvalue weighted by Crippen LogP contribution is 2.10. The largest absolute Gasteiger partial charge is 0.477 e. The Hall–Kier alpha value is -2.24. The highest BCUT2D eigenvalue weighted by atomic mass is 16.4. The summed E-state index contributed by atoms with van der Waals surface area (Å²) in [6.07, 6.45) is 3.13. The Morgan fingerprint density at radius 1 is 1.36 bits per heavy atom. The Kier molecular flexibility index (Phi) is 1.94. The fourth-order valence-corrected chi connectivity index (χ4v) is 0.977. The molecule has 0 unspecified atom stereocenters. The summed E-state index contributed by atoms with van der Waals surface area (Å²) in [6, 6.07) is 3.06. The maximum atomic E-state index is 10.5. The number of H-pyrrole nitrogens is 1. The number of aromatic carboxylic acids is 1. The average Bonchev–Trinajstić information content (AvgIpc) is 2.68. The molecule has 2 N–H and O–H groups in total. The maximum Gasteiger partial charge on any atom is 0.353 e. The Morgan fingerprint density at radius 3 is 2.64 bits per heavy atom. The summed E-state index contributed by atoms with van der Waals surface area (Å²) in [5, 5.41) is 14.8. The Labute approximate surface area is 78.6 Å². The minimum atomic E-state index is -1.06. The van der Waals surface area contributed by atoms with Gasteiger partial charge in [0.1, 0.15) is 11.4 Å². The van der Waals surface area contributed by atoms with E-state index in [0.29, 0.717) is 11.5 Å². The first kappa shape index (κ1) is 8.36. The number of aromatic nitrogens is 4. The van der Waals surface area contributed by atoms with Crippen LogP contribution >= 0.6 is 0 Å². The fraction of sp³-hybridized carbons (Fsp3) is 0. The first-order valence-corrected chi connectivity index (χ1v) is 3.83. The molecule has 6 heteroatoms. The van der Waals surface area contributed by atoms with Crippen molar-refractivity contribution in [3.8, 4) is 11.5 Å². The second-order valence-corrected chi connectivity index (χ2v) is 2.54. The lowest BCUT2D eigenvalue weighted by Crippen LogP contribution is -1.95. The normalized spacial score (nSPS) is 10.0. The molecule has 2 heterocycles. The smallest absolute Gasteiger partial charge is 0.353 e. The van der Waals surface area contributed by atoms with Gasteiger partial charge in [-0.3, -0.25) is 5.10 Å². The summed E-state index contributed by atoms with van der Waals surface area (Å²) in [7, 11) is 0. The Bertz CT molecular complexity index is 451. The van der Waals surface area contributed by atoms with E-state index in [1.807, 2.05) is 0 Å². The van der Waals surface area contributed by atoms with Crippen molar-refractivity contribution in [2.75, 3.05) is 0 Å². The zero-order chi connectivity index (χ0) is 9.97. The number of carboxylic acid groups (broad SMARTS) is 1. The van der Waals surface area contributed by atoms with Gasteiger partial charge in [0.15, 0.2) is 5.82 Å². The molecule has 2 rings (SSSR count). The Morgan fingerprint density at radius 2 is 2.07 bits per heavy atom. The van der Waals surface area contributed by atoms with Gasteiger partial charge in [0.25, 0.3) is 0 Å². The van der Waals surface area contributed by atoms with Gasteiger partial charge in [-0.05, 0) is 6.07 Å². The van der Waals surface area contributed by atoms with Crippen LogP contribution in [-0.2, 0) is 0 Å². The van der Waals surface area contributed by atoms with E-state index in [-0.39, 0.29) is 5.69 Å². The molecule has 70 valence electrons. The van der Waals surface area contributed by atoms with E-state index >= 15 is 0 Å². The lowest BCUT2D eigenvalue weighted by Gasteiger charge is -1.89. The van der Waals surface area contributed by atoms with E-state index in [2.05, 4.69) is 20.2 Å². The first-order valence-electron chi connectivity index (χ1n) is 3.83.